The van der Waals surface area contributed by atoms with Crippen molar-refractivity contribution in [1.29, 1.82) is 0 Å². The molecule has 0 aromatic carbocycles. The van der Waals surface area contributed by atoms with E-state index in [9.17, 15) is 0 Å². The van der Waals surface area contributed by atoms with Crippen LogP contribution in [0.1, 0.15) is 19.8 Å². The van der Waals surface area contributed by atoms with Gasteiger partial charge in [0.15, 0.2) is 0 Å². The Labute approximate surface area is 97.0 Å². The molecule has 1 aliphatic rings. The van der Waals surface area contributed by atoms with Crippen molar-refractivity contribution in [3.05, 3.63) is 18.7 Å². The van der Waals surface area contributed by atoms with Gasteiger partial charge in [-0.05, 0) is 18.3 Å². The van der Waals surface area contributed by atoms with Gasteiger partial charge in [0.2, 0.25) is 0 Å². The first kappa shape index (κ1) is 11.6. The second-order valence-electron chi connectivity index (χ2n) is 4.90. The van der Waals surface area contributed by atoms with Crippen molar-refractivity contribution >= 4 is 0 Å². The molecule has 2 heterocycles. The molecule has 0 amide bonds. The van der Waals surface area contributed by atoms with Gasteiger partial charge in [0.1, 0.15) is 0 Å². The minimum Gasteiger partial charge on any atom is -0.381 e. The number of imidazole rings is 1. The smallest absolute Gasteiger partial charge is 0.0946 e. The molecule has 16 heavy (non-hydrogen) atoms. The zero-order valence-electron chi connectivity index (χ0n) is 9.98. The molecule has 1 aromatic rings. The quantitative estimate of drug-likeness (QED) is 0.765. The first-order valence-electron chi connectivity index (χ1n) is 6.03. The molecule has 1 aromatic heterocycles. The molecule has 4 heteroatoms. The van der Waals surface area contributed by atoms with Gasteiger partial charge in [0, 0.05) is 45.2 Å². The first-order chi connectivity index (χ1) is 7.79. The highest BCUT2D eigenvalue weighted by molar-refractivity contribution is 4.80. The van der Waals surface area contributed by atoms with Gasteiger partial charge in [0.25, 0.3) is 0 Å². The fourth-order valence-corrected chi connectivity index (χ4v) is 2.06. The Morgan fingerprint density at radius 3 is 2.94 bits per heavy atom. The summed E-state index contributed by atoms with van der Waals surface area (Å²) in [6.45, 7) is 7.27. The van der Waals surface area contributed by atoms with Gasteiger partial charge in [-0.1, -0.05) is 6.92 Å². The number of ether oxygens (including phenoxy) is 1. The highest BCUT2D eigenvalue weighted by atomic mass is 16.5. The Hall–Kier alpha value is -0.870. The van der Waals surface area contributed by atoms with E-state index in [2.05, 4.69) is 21.8 Å². The molecule has 1 fully saturated rings. The van der Waals surface area contributed by atoms with E-state index < -0.39 is 0 Å². The summed E-state index contributed by atoms with van der Waals surface area (Å²) in [5, 5.41) is 3.53. The molecule has 1 aliphatic heterocycles. The van der Waals surface area contributed by atoms with Gasteiger partial charge in [-0.3, -0.25) is 0 Å². The standard InChI is InChI=1S/C12H21N3O/c1-12(2-8-16-9-3-12)10-13-4-6-15-7-5-14-11-15/h5,7,11,13H,2-4,6,8-10H2,1H3. The van der Waals surface area contributed by atoms with Gasteiger partial charge < -0.3 is 14.6 Å². The van der Waals surface area contributed by atoms with Gasteiger partial charge in [-0.2, -0.15) is 0 Å². The van der Waals surface area contributed by atoms with Crippen LogP contribution in [0, 0.1) is 5.41 Å². The highest BCUT2D eigenvalue weighted by Crippen LogP contribution is 2.28. The van der Waals surface area contributed by atoms with Crippen molar-refractivity contribution in [3.63, 3.8) is 0 Å². The Kier molecular flexibility index (Phi) is 3.96. The van der Waals surface area contributed by atoms with Gasteiger partial charge in [-0.15, -0.1) is 0 Å². The van der Waals surface area contributed by atoms with Crippen molar-refractivity contribution in [2.75, 3.05) is 26.3 Å². The average Bonchev–Trinajstić information content (AvgIpc) is 2.78. The number of aromatic nitrogens is 2. The molecule has 0 saturated carbocycles. The molecule has 0 unspecified atom stereocenters. The van der Waals surface area contributed by atoms with E-state index in [1.807, 2.05) is 18.7 Å². The molecule has 2 rings (SSSR count). The van der Waals surface area contributed by atoms with Crippen molar-refractivity contribution in [2.24, 2.45) is 5.41 Å². The minimum absolute atomic E-state index is 0.424. The van der Waals surface area contributed by atoms with Crippen molar-refractivity contribution in [2.45, 2.75) is 26.3 Å². The van der Waals surface area contributed by atoms with Crippen LogP contribution in [0.3, 0.4) is 0 Å². The fraction of sp³-hybridized carbons (Fsp3) is 0.750. The van der Waals surface area contributed by atoms with Crippen LogP contribution in [-0.4, -0.2) is 35.9 Å². The third-order valence-electron chi connectivity index (χ3n) is 3.36. The zero-order chi connectivity index (χ0) is 11.3. The van der Waals surface area contributed by atoms with E-state index in [0.29, 0.717) is 5.41 Å². The summed E-state index contributed by atoms with van der Waals surface area (Å²) < 4.78 is 7.49. The summed E-state index contributed by atoms with van der Waals surface area (Å²) in [6, 6.07) is 0. The van der Waals surface area contributed by atoms with Crippen LogP contribution in [0.2, 0.25) is 0 Å². The Morgan fingerprint density at radius 1 is 1.44 bits per heavy atom. The summed E-state index contributed by atoms with van der Waals surface area (Å²) in [5.74, 6) is 0. The molecule has 1 N–H and O–H groups in total. The Bertz CT molecular complexity index is 291. The Morgan fingerprint density at radius 2 is 2.25 bits per heavy atom. The summed E-state index contributed by atoms with van der Waals surface area (Å²) in [5.41, 5.74) is 0.424. The predicted octanol–water partition coefficient (Wildman–Crippen LogP) is 1.29. The molecule has 0 spiro atoms. The third kappa shape index (κ3) is 3.32. The summed E-state index contributed by atoms with van der Waals surface area (Å²) in [6.07, 6.45) is 8.02. The number of hydrogen-bond acceptors (Lipinski definition) is 3. The maximum absolute atomic E-state index is 5.39. The molecule has 1 saturated heterocycles. The van der Waals surface area contributed by atoms with Crippen LogP contribution in [0.15, 0.2) is 18.7 Å². The normalized spacial score (nSPS) is 19.8. The zero-order valence-corrected chi connectivity index (χ0v) is 9.98. The Balaban J connectivity index is 1.63. The molecule has 0 atom stereocenters. The fourth-order valence-electron chi connectivity index (χ4n) is 2.06. The molecule has 0 aliphatic carbocycles. The SMILES string of the molecule is CC1(CNCCn2ccnc2)CCOCC1. The number of nitrogens with one attached hydrogen (secondary N) is 1. The van der Waals surface area contributed by atoms with E-state index in [-0.39, 0.29) is 0 Å². The predicted molar refractivity (Wildman–Crippen MR) is 63.3 cm³/mol. The van der Waals surface area contributed by atoms with E-state index in [1.165, 1.54) is 12.8 Å². The topological polar surface area (TPSA) is 39.1 Å². The highest BCUT2D eigenvalue weighted by Gasteiger charge is 2.26. The van der Waals surface area contributed by atoms with Crippen LogP contribution in [0.4, 0.5) is 0 Å². The van der Waals surface area contributed by atoms with E-state index in [0.717, 1.165) is 32.8 Å². The monoisotopic (exact) mass is 223 g/mol. The second kappa shape index (κ2) is 5.46. The number of hydrogen-bond donors (Lipinski definition) is 1. The lowest BCUT2D eigenvalue weighted by molar-refractivity contribution is 0.0241. The second-order valence-corrected chi connectivity index (χ2v) is 4.90. The van der Waals surface area contributed by atoms with Crippen molar-refractivity contribution < 1.29 is 4.74 Å². The van der Waals surface area contributed by atoms with Crippen molar-refractivity contribution in [3.8, 4) is 0 Å². The summed E-state index contributed by atoms with van der Waals surface area (Å²) in [4.78, 5) is 4.02. The van der Waals surface area contributed by atoms with E-state index >= 15 is 0 Å². The van der Waals surface area contributed by atoms with Gasteiger partial charge >= 0.3 is 0 Å². The molecule has 0 bridgehead atoms. The lowest BCUT2D eigenvalue weighted by Crippen LogP contribution is -2.37. The molecule has 90 valence electrons. The lowest BCUT2D eigenvalue weighted by atomic mass is 9.82. The molecular weight excluding hydrogens is 202 g/mol. The number of rotatable bonds is 5. The summed E-state index contributed by atoms with van der Waals surface area (Å²) in [7, 11) is 0. The van der Waals surface area contributed by atoms with Crippen LogP contribution in [-0.2, 0) is 11.3 Å². The molecule has 4 nitrogen and oxygen atoms in total. The maximum Gasteiger partial charge on any atom is 0.0946 e. The van der Waals surface area contributed by atoms with Gasteiger partial charge in [-0.25, -0.2) is 4.98 Å². The average molecular weight is 223 g/mol. The first-order valence-corrected chi connectivity index (χ1v) is 6.03. The van der Waals surface area contributed by atoms with Gasteiger partial charge in [0.05, 0.1) is 6.33 Å². The van der Waals surface area contributed by atoms with E-state index in [4.69, 9.17) is 4.74 Å². The largest absolute Gasteiger partial charge is 0.381 e. The maximum atomic E-state index is 5.39. The minimum atomic E-state index is 0.424. The van der Waals surface area contributed by atoms with Crippen LogP contribution >= 0.6 is 0 Å². The molecular formula is C12H21N3O. The van der Waals surface area contributed by atoms with Crippen LogP contribution < -0.4 is 5.32 Å². The summed E-state index contributed by atoms with van der Waals surface area (Å²) >= 11 is 0. The van der Waals surface area contributed by atoms with E-state index in [1.54, 1.807) is 0 Å². The van der Waals surface area contributed by atoms with Crippen molar-refractivity contribution in [1.82, 2.24) is 14.9 Å². The lowest BCUT2D eigenvalue weighted by Gasteiger charge is -2.33. The van der Waals surface area contributed by atoms with Crippen LogP contribution in [0.5, 0.6) is 0 Å². The third-order valence-corrected chi connectivity index (χ3v) is 3.36. The van der Waals surface area contributed by atoms with Crippen LogP contribution in [0.25, 0.3) is 0 Å². The molecule has 0 radical (unpaired) electrons. The number of nitrogens with zero attached hydrogens (tertiary/aromatic N) is 2.